The summed E-state index contributed by atoms with van der Waals surface area (Å²) < 4.78 is 7.18. The fourth-order valence-electron chi connectivity index (χ4n) is 4.85. The van der Waals surface area contributed by atoms with Gasteiger partial charge in [-0.3, -0.25) is 9.69 Å². The van der Waals surface area contributed by atoms with Crippen molar-refractivity contribution < 1.29 is 9.53 Å². The molecule has 7 heteroatoms. The normalized spacial score (nSPS) is 20.2. The quantitative estimate of drug-likeness (QED) is 0.691. The van der Waals surface area contributed by atoms with Crippen LogP contribution < -0.4 is 10.1 Å². The van der Waals surface area contributed by atoms with E-state index in [1.54, 1.807) is 7.11 Å². The van der Waals surface area contributed by atoms with Crippen molar-refractivity contribution >= 4 is 11.6 Å². The van der Waals surface area contributed by atoms with Crippen molar-refractivity contribution in [3.63, 3.8) is 0 Å². The molecule has 0 bridgehead atoms. The fraction of sp³-hybridized carbons (Fsp3) is 0.375. The van der Waals surface area contributed by atoms with Gasteiger partial charge < -0.3 is 14.6 Å². The van der Waals surface area contributed by atoms with Crippen LogP contribution in [0.5, 0.6) is 5.75 Å². The summed E-state index contributed by atoms with van der Waals surface area (Å²) in [7, 11) is 1.62. The van der Waals surface area contributed by atoms with Gasteiger partial charge in [-0.05, 0) is 48.6 Å². The Balaban J connectivity index is 1.26. The minimum absolute atomic E-state index is 0.225. The lowest BCUT2D eigenvalue weighted by molar-refractivity contribution is 0.100. The second kappa shape index (κ2) is 8.15. The van der Waals surface area contributed by atoms with Crippen molar-refractivity contribution in [1.82, 2.24) is 19.7 Å². The number of anilines is 1. The summed E-state index contributed by atoms with van der Waals surface area (Å²) in [5, 5.41) is 11.5. The Kier molecular flexibility index (Phi) is 5.19. The molecule has 2 aliphatic heterocycles. The predicted octanol–water partition coefficient (Wildman–Crippen LogP) is 3.15. The van der Waals surface area contributed by atoms with Gasteiger partial charge in [0, 0.05) is 38.3 Å². The SMILES string of the molecule is COc1ccc(NC(=O)c2nnc3n2CC2CN(Cc4cccc(C)c4)CC2C3)cc1. The number of aromatic nitrogens is 3. The zero-order valence-electron chi connectivity index (χ0n) is 17.9. The van der Waals surface area contributed by atoms with Gasteiger partial charge in [0.15, 0.2) is 0 Å². The zero-order chi connectivity index (χ0) is 21.4. The minimum Gasteiger partial charge on any atom is -0.497 e. The molecule has 2 atom stereocenters. The second-order valence-electron chi connectivity index (χ2n) is 8.64. The summed E-state index contributed by atoms with van der Waals surface area (Å²) in [4.78, 5) is 15.4. The van der Waals surface area contributed by atoms with E-state index < -0.39 is 0 Å². The first-order chi connectivity index (χ1) is 15.1. The number of methoxy groups -OCH3 is 1. The standard InChI is InChI=1S/C24H27N5O2/c1-16-4-3-5-17(10-16)12-28-13-18-11-22-26-27-23(29(22)15-19(18)14-28)24(30)25-20-6-8-21(31-2)9-7-20/h3-10,18-19H,11-15H2,1-2H3,(H,25,30). The van der Waals surface area contributed by atoms with Crippen LogP contribution in [0.3, 0.4) is 0 Å². The predicted molar refractivity (Wildman–Crippen MR) is 118 cm³/mol. The van der Waals surface area contributed by atoms with Crippen molar-refractivity contribution in [3.8, 4) is 5.75 Å². The molecule has 0 spiro atoms. The summed E-state index contributed by atoms with van der Waals surface area (Å²) >= 11 is 0. The first-order valence-corrected chi connectivity index (χ1v) is 10.7. The number of carbonyl (C=O) groups excluding carboxylic acids is 1. The number of nitrogens with zero attached hydrogens (tertiary/aromatic N) is 4. The van der Waals surface area contributed by atoms with E-state index in [9.17, 15) is 4.79 Å². The number of likely N-dealkylation sites (tertiary alicyclic amines) is 1. The van der Waals surface area contributed by atoms with E-state index in [2.05, 4.69) is 51.6 Å². The van der Waals surface area contributed by atoms with Crippen molar-refractivity contribution in [2.24, 2.45) is 11.8 Å². The Morgan fingerprint density at radius 2 is 1.90 bits per heavy atom. The first-order valence-electron chi connectivity index (χ1n) is 10.7. The van der Waals surface area contributed by atoms with Crippen LogP contribution in [0.4, 0.5) is 5.69 Å². The van der Waals surface area contributed by atoms with E-state index in [-0.39, 0.29) is 5.91 Å². The largest absolute Gasteiger partial charge is 0.497 e. The zero-order valence-corrected chi connectivity index (χ0v) is 17.9. The average molecular weight is 418 g/mol. The fourth-order valence-corrected chi connectivity index (χ4v) is 4.85. The average Bonchev–Trinajstić information content (AvgIpc) is 3.35. The smallest absolute Gasteiger partial charge is 0.293 e. The molecule has 160 valence electrons. The lowest BCUT2D eigenvalue weighted by Crippen LogP contribution is -2.31. The van der Waals surface area contributed by atoms with Gasteiger partial charge in [-0.25, -0.2) is 0 Å². The van der Waals surface area contributed by atoms with Crippen molar-refractivity contribution in [2.45, 2.75) is 26.4 Å². The maximum atomic E-state index is 12.9. The Morgan fingerprint density at radius 3 is 2.68 bits per heavy atom. The summed E-state index contributed by atoms with van der Waals surface area (Å²) in [6, 6.07) is 16.0. The molecule has 3 heterocycles. The number of fused-ring (bicyclic) bond motifs is 2. The molecule has 1 saturated heterocycles. The number of nitrogens with one attached hydrogen (secondary N) is 1. The monoisotopic (exact) mass is 417 g/mol. The van der Waals surface area contributed by atoms with Crippen LogP contribution in [-0.4, -0.2) is 45.8 Å². The van der Waals surface area contributed by atoms with Crippen LogP contribution in [-0.2, 0) is 19.5 Å². The number of amides is 1. The topological polar surface area (TPSA) is 72.3 Å². The third-order valence-corrected chi connectivity index (χ3v) is 6.38. The minimum atomic E-state index is -0.225. The summed E-state index contributed by atoms with van der Waals surface area (Å²) in [6.07, 6.45) is 0.873. The maximum Gasteiger partial charge on any atom is 0.293 e. The van der Waals surface area contributed by atoms with Crippen molar-refractivity contribution in [3.05, 3.63) is 71.3 Å². The van der Waals surface area contributed by atoms with Crippen LogP contribution in [0.2, 0.25) is 0 Å². The first kappa shape index (κ1) is 19.8. The van der Waals surface area contributed by atoms with Crippen molar-refractivity contribution in [2.75, 3.05) is 25.5 Å². The molecular formula is C24H27N5O2. The number of carbonyl (C=O) groups is 1. The molecule has 0 aliphatic carbocycles. The van der Waals surface area contributed by atoms with E-state index in [0.717, 1.165) is 44.2 Å². The second-order valence-corrected chi connectivity index (χ2v) is 8.64. The summed E-state index contributed by atoms with van der Waals surface area (Å²) in [5.41, 5.74) is 3.37. The van der Waals surface area contributed by atoms with E-state index in [4.69, 9.17) is 4.74 Å². The molecule has 2 aliphatic rings. The third-order valence-electron chi connectivity index (χ3n) is 6.38. The molecule has 0 radical (unpaired) electrons. The Bertz CT molecular complexity index is 1090. The lowest BCUT2D eigenvalue weighted by atomic mass is 9.89. The van der Waals surface area contributed by atoms with Crippen LogP contribution in [0.25, 0.3) is 0 Å². The molecule has 31 heavy (non-hydrogen) atoms. The van der Waals surface area contributed by atoms with Crippen LogP contribution in [0.15, 0.2) is 48.5 Å². The van der Waals surface area contributed by atoms with Crippen LogP contribution in [0.1, 0.15) is 27.6 Å². The molecule has 3 aromatic rings. The molecule has 1 fully saturated rings. The van der Waals surface area contributed by atoms with Gasteiger partial charge in [0.2, 0.25) is 5.82 Å². The maximum absolute atomic E-state index is 12.9. The van der Waals surface area contributed by atoms with Gasteiger partial charge in [-0.1, -0.05) is 29.8 Å². The summed E-state index contributed by atoms with van der Waals surface area (Å²) in [5.74, 6) is 2.91. The highest BCUT2D eigenvalue weighted by Crippen LogP contribution is 2.33. The molecule has 2 aromatic carbocycles. The van der Waals surface area contributed by atoms with Gasteiger partial charge in [-0.2, -0.15) is 0 Å². The number of rotatable bonds is 5. The van der Waals surface area contributed by atoms with Gasteiger partial charge in [0.05, 0.1) is 7.11 Å². The molecule has 2 unspecified atom stereocenters. The number of hydrogen-bond acceptors (Lipinski definition) is 5. The van der Waals surface area contributed by atoms with E-state index in [1.807, 2.05) is 28.8 Å². The molecule has 7 nitrogen and oxygen atoms in total. The number of ether oxygens (including phenoxy) is 1. The van der Waals surface area contributed by atoms with Gasteiger partial charge in [-0.15, -0.1) is 10.2 Å². The highest BCUT2D eigenvalue weighted by molar-refractivity contribution is 6.01. The number of benzene rings is 2. The van der Waals surface area contributed by atoms with E-state index in [1.165, 1.54) is 11.1 Å². The molecule has 0 saturated carbocycles. The summed E-state index contributed by atoms with van der Waals surface area (Å²) in [6.45, 7) is 6.01. The molecule has 1 N–H and O–H groups in total. The van der Waals surface area contributed by atoms with Gasteiger partial charge in [0.25, 0.3) is 5.91 Å². The lowest BCUT2D eigenvalue weighted by Gasteiger charge is -2.25. The van der Waals surface area contributed by atoms with Crippen LogP contribution >= 0.6 is 0 Å². The Morgan fingerprint density at radius 1 is 1.10 bits per heavy atom. The Labute approximate surface area is 182 Å². The third kappa shape index (κ3) is 4.05. The molecular weight excluding hydrogens is 390 g/mol. The number of aryl methyl sites for hydroxylation is 1. The Hall–Kier alpha value is -3.19. The van der Waals surface area contributed by atoms with E-state index >= 15 is 0 Å². The molecule has 1 aromatic heterocycles. The van der Waals surface area contributed by atoms with E-state index in [0.29, 0.717) is 23.3 Å². The van der Waals surface area contributed by atoms with Crippen LogP contribution in [0, 0.1) is 18.8 Å². The number of hydrogen-bond donors (Lipinski definition) is 1. The molecule has 5 rings (SSSR count). The van der Waals surface area contributed by atoms with Gasteiger partial charge >= 0.3 is 0 Å². The highest BCUT2D eigenvalue weighted by atomic mass is 16.5. The van der Waals surface area contributed by atoms with Gasteiger partial charge in [0.1, 0.15) is 11.6 Å². The highest BCUT2D eigenvalue weighted by Gasteiger charge is 2.39. The molecule has 1 amide bonds. The van der Waals surface area contributed by atoms with Crippen molar-refractivity contribution in [1.29, 1.82) is 0 Å².